The van der Waals surface area contributed by atoms with Crippen LogP contribution in [0.4, 0.5) is 22.7 Å². The smallest absolute Gasteiger partial charge is 0.270 e. The van der Waals surface area contributed by atoms with E-state index in [0.717, 1.165) is 84.9 Å². The molecule has 0 bridgehead atoms. The highest BCUT2D eigenvalue weighted by atomic mass is 32.2. The highest BCUT2D eigenvalue weighted by molar-refractivity contribution is 7.93. The molecular weight excluding hydrogens is 721 g/mol. The van der Waals surface area contributed by atoms with Gasteiger partial charge in [-0.25, -0.2) is 33.7 Å². The van der Waals surface area contributed by atoms with Crippen molar-refractivity contribution in [2.75, 3.05) is 9.44 Å². The minimum atomic E-state index is -5.32. The quantitative estimate of drug-likeness (QED) is 0.0914. The summed E-state index contributed by atoms with van der Waals surface area (Å²) in [4.78, 5) is 17.3. The van der Waals surface area contributed by atoms with Gasteiger partial charge in [0.05, 0.1) is 40.8 Å². The van der Waals surface area contributed by atoms with Crippen molar-refractivity contribution in [2.24, 2.45) is 0 Å². The number of nitrogens with one attached hydrogen (secondary N) is 2. The Morgan fingerprint density at radius 2 is 0.875 bits per heavy atom. The highest BCUT2D eigenvalue weighted by Gasteiger charge is 2.21. The van der Waals surface area contributed by atoms with Crippen molar-refractivity contribution < 1.29 is 52.6 Å². The molecule has 0 saturated heterocycles. The van der Waals surface area contributed by atoms with Crippen LogP contribution in [0, 0.1) is 20.2 Å². The van der Waals surface area contributed by atoms with E-state index in [1.54, 1.807) is 0 Å². The second-order valence-corrected chi connectivity index (χ2v) is 15.5. The van der Waals surface area contributed by atoms with Gasteiger partial charge in [0.2, 0.25) is 0 Å². The fourth-order valence-electron chi connectivity index (χ4n) is 4.04. The van der Waals surface area contributed by atoms with Gasteiger partial charge in [0.15, 0.2) is 0 Å². The van der Waals surface area contributed by atoms with Crippen LogP contribution in [0.3, 0.4) is 0 Å². The first-order chi connectivity index (χ1) is 22.2. The molecule has 4 aromatic rings. The number of benzene rings is 4. The summed E-state index contributed by atoms with van der Waals surface area (Å²) in [7, 11) is -19.7. The molecule has 0 spiro atoms. The molecule has 0 saturated carbocycles. The first-order valence-corrected chi connectivity index (χ1v) is 18.4. The minimum Gasteiger partial charge on any atom is -0.744 e. The Balaban J connectivity index is 1.68. The van der Waals surface area contributed by atoms with Crippen molar-refractivity contribution in [3.8, 4) is 0 Å². The predicted molar refractivity (Wildman–Crippen MR) is 166 cm³/mol. The number of hydrogen-bond donors (Lipinski definition) is 2. The number of rotatable bonds is 12. The first kappa shape index (κ1) is 35.6. The molecule has 0 fully saturated rings. The summed E-state index contributed by atoms with van der Waals surface area (Å²) in [6.07, 6.45) is 1.83. The van der Waals surface area contributed by atoms with Crippen LogP contribution < -0.4 is 9.44 Å². The Hall–Kier alpha value is -5.26. The van der Waals surface area contributed by atoms with Gasteiger partial charge in [-0.05, 0) is 47.5 Å². The minimum absolute atomic E-state index is 0.381. The monoisotopic (exact) mass is 738 g/mol. The van der Waals surface area contributed by atoms with Crippen molar-refractivity contribution in [1.82, 2.24) is 0 Å². The van der Waals surface area contributed by atoms with Gasteiger partial charge >= 0.3 is 0 Å². The zero-order chi connectivity index (χ0) is 35.7. The molecule has 18 nitrogen and oxygen atoms in total. The SMILES string of the molecule is O=[N+]([O-])c1cccc(S(=O)(=O)Nc2ccc(/C=C/c3ccc(NS(=O)(=O)c4cccc([N+](=O)[O-])c4)cc3S(=O)(=O)[O-])c(S(=O)(=O)[O-])c2)c1. The van der Waals surface area contributed by atoms with E-state index < -0.39 is 92.5 Å². The third kappa shape index (κ3) is 8.36. The molecule has 252 valence electrons. The van der Waals surface area contributed by atoms with Crippen molar-refractivity contribution in [1.29, 1.82) is 0 Å². The van der Waals surface area contributed by atoms with Crippen LogP contribution in [0.1, 0.15) is 11.1 Å². The Morgan fingerprint density at radius 1 is 0.521 bits per heavy atom. The number of sulfonamides is 2. The zero-order valence-corrected chi connectivity index (χ0v) is 26.7. The van der Waals surface area contributed by atoms with E-state index in [2.05, 4.69) is 0 Å². The number of hydrogen-bond acceptors (Lipinski definition) is 14. The summed E-state index contributed by atoms with van der Waals surface area (Å²) in [5.74, 6) is 0. The van der Waals surface area contributed by atoms with Gasteiger partial charge < -0.3 is 9.11 Å². The Morgan fingerprint density at radius 3 is 1.19 bits per heavy atom. The van der Waals surface area contributed by atoms with Crippen molar-refractivity contribution >= 4 is 75.2 Å². The predicted octanol–water partition coefficient (Wildman–Crippen LogP) is 3.08. The second-order valence-electron chi connectivity index (χ2n) is 9.47. The van der Waals surface area contributed by atoms with Gasteiger partial charge in [-0.1, -0.05) is 36.4 Å². The molecule has 4 rings (SSSR count). The molecule has 0 heterocycles. The molecule has 0 amide bonds. The molecule has 22 heteroatoms. The van der Waals surface area contributed by atoms with Crippen LogP contribution in [0.15, 0.2) is 105 Å². The number of nitro groups is 2. The van der Waals surface area contributed by atoms with E-state index in [9.17, 15) is 63.0 Å². The molecule has 2 N–H and O–H groups in total. The fraction of sp³-hybridized carbons (Fsp3) is 0. The summed E-state index contributed by atoms with van der Waals surface area (Å²) < 4.78 is 127. The summed E-state index contributed by atoms with van der Waals surface area (Å²) in [5.41, 5.74) is -2.73. The average molecular weight is 739 g/mol. The normalized spacial score (nSPS) is 12.5. The largest absolute Gasteiger partial charge is 0.744 e. The third-order valence-corrected chi connectivity index (χ3v) is 10.7. The van der Waals surface area contributed by atoms with Crippen LogP contribution in [0.5, 0.6) is 0 Å². The average Bonchev–Trinajstić information content (AvgIpc) is 2.99. The number of nitrogens with zero attached hydrogens (tertiary/aromatic N) is 2. The van der Waals surface area contributed by atoms with Gasteiger partial charge in [0.1, 0.15) is 20.2 Å². The van der Waals surface area contributed by atoms with E-state index >= 15 is 0 Å². The van der Waals surface area contributed by atoms with Crippen LogP contribution in [-0.4, -0.2) is 52.6 Å². The van der Waals surface area contributed by atoms with Gasteiger partial charge in [0.25, 0.3) is 31.4 Å². The fourth-order valence-corrected chi connectivity index (χ4v) is 7.61. The maximum Gasteiger partial charge on any atom is 0.270 e. The van der Waals surface area contributed by atoms with Gasteiger partial charge in [0, 0.05) is 24.3 Å². The van der Waals surface area contributed by atoms with Crippen molar-refractivity contribution in [3.63, 3.8) is 0 Å². The lowest BCUT2D eigenvalue weighted by Crippen LogP contribution is -2.14. The summed E-state index contributed by atoms with van der Waals surface area (Å²) >= 11 is 0. The molecule has 0 radical (unpaired) electrons. The molecule has 0 aliphatic carbocycles. The van der Waals surface area contributed by atoms with E-state index in [4.69, 9.17) is 0 Å². The number of anilines is 2. The first-order valence-electron chi connectivity index (χ1n) is 12.6. The Kier molecular flexibility index (Phi) is 9.71. The van der Waals surface area contributed by atoms with E-state index in [1.165, 1.54) is 0 Å². The molecule has 0 atom stereocenters. The molecule has 4 aromatic carbocycles. The van der Waals surface area contributed by atoms with Gasteiger partial charge in [-0.15, -0.1) is 0 Å². The molecular formula is C26H18N4O14S4-2. The third-order valence-electron chi connectivity index (χ3n) is 6.19. The molecule has 48 heavy (non-hydrogen) atoms. The lowest BCUT2D eigenvalue weighted by molar-refractivity contribution is -0.385. The van der Waals surface area contributed by atoms with Crippen LogP contribution in [0.2, 0.25) is 0 Å². The standard InChI is InChI=1S/C26H20N4O14S4/c31-29(32)21-3-1-5-23(15-21)45(35,36)27-19-11-9-17(25(13-19)47(39,40)41)7-8-18-10-12-20(14-26(18)48(42,43)44)28-46(37,38)24-6-2-4-22(16-24)30(33)34/h1-16,27-28H,(H,39,40,41)(H,42,43,44)/p-2/b8-7+. The van der Waals surface area contributed by atoms with Crippen molar-refractivity contribution in [2.45, 2.75) is 19.6 Å². The van der Waals surface area contributed by atoms with E-state index in [0.29, 0.717) is 12.1 Å². The van der Waals surface area contributed by atoms with E-state index in [1.807, 2.05) is 9.44 Å². The zero-order valence-electron chi connectivity index (χ0n) is 23.5. The molecule has 0 aromatic heterocycles. The highest BCUT2D eigenvalue weighted by Crippen LogP contribution is 2.29. The Labute approximate surface area is 272 Å². The summed E-state index contributed by atoms with van der Waals surface area (Å²) in [6.45, 7) is 0. The second kappa shape index (κ2) is 13.1. The molecule has 0 unspecified atom stereocenters. The van der Waals surface area contributed by atoms with Crippen LogP contribution >= 0.6 is 0 Å². The number of nitro benzene ring substituents is 2. The molecule has 0 aliphatic rings. The lowest BCUT2D eigenvalue weighted by atomic mass is 10.1. The van der Waals surface area contributed by atoms with Crippen LogP contribution in [0.25, 0.3) is 12.2 Å². The van der Waals surface area contributed by atoms with E-state index in [-0.39, 0.29) is 11.1 Å². The van der Waals surface area contributed by atoms with Gasteiger partial charge in [-0.2, -0.15) is 0 Å². The number of non-ortho nitro benzene ring substituents is 2. The van der Waals surface area contributed by atoms with Gasteiger partial charge in [-0.3, -0.25) is 29.7 Å². The molecule has 0 aliphatic heterocycles. The van der Waals surface area contributed by atoms with Crippen molar-refractivity contribution in [3.05, 3.63) is 116 Å². The maximum atomic E-state index is 12.8. The van der Waals surface area contributed by atoms with Crippen LogP contribution in [-0.2, 0) is 40.3 Å². The Bertz CT molecular complexity index is 2280. The maximum absolute atomic E-state index is 12.8. The lowest BCUT2D eigenvalue weighted by Gasteiger charge is -2.15. The topological polar surface area (TPSA) is 293 Å². The summed E-state index contributed by atoms with van der Waals surface area (Å²) in [6, 6.07) is 13.1. The summed E-state index contributed by atoms with van der Waals surface area (Å²) in [5, 5.41) is 22.0.